The Morgan fingerprint density at radius 3 is 2.48 bits per heavy atom. The maximum atomic E-state index is 12.4. The van der Waals surface area contributed by atoms with Crippen LogP contribution in [-0.2, 0) is 17.4 Å². The van der Waals surface area contributed by atoms with E-state index in [1.165, 1.54) is 23.5 Å². The highest BCUT2D eigenvalue weighted by molar-refractivity contribution is 7.07. The van der Waals surface area contributed by atoms with Gasteiger partial charge in [0.25, 0.3) is 0 Å². The van der Waals surface area contributed by atoms with Gasteiger partial charge >= 0.3 is 6.18 Å². The fourth-order valence-corrected chi connectivity index (χ4v) is 2.71. The lowest BCUT2D eigenvalue weighted by atomic mass is 10.1. The van der Waals surface area contributed by atoms with Crippen LogP contribution in [0.1, 0.15) is 29.2 Å². The number of carbonyl (C=O) groups is 1. The molecule has 2 aromatic rings. The lowest BCUT2D eigenvalue weighted by Gasteiger charge is -2.11. The zero-order valence-electron chi connectivity index (χ0n) is 12.1. The number of amides is 1. The zero-order valence-corrected chi connectivity index (χ0v) is 13.0. The number of benzene rings is 1. The largest absolute Gasteiger partial charge is 0.416 e. The second-order valence-corrected chi connectivity index (χ2v) is 5.85. The molecule has 0 saturated carbocycles. The molecule has 23 heavy (non-hydrogen) atoms. The summed E-state index contributed by atoms with van der Waals surface area (Å²) in [5, 5.41) is 16.1. The van der Waals surface area contributed by atoms with Crippen LogP contribution in [0.25, 0.3) is 0 Å². The summed E-state index contributed by atoms with van der Waals surface area (Å²) >= 11 is 1.46. The maximum Gasteiger partial charge on any atom is 0.416 e. The molecule has 0 fully saturated rings. The van der Waals surface area contributed by atoms with Crippen molar-refractivity contribution in [1.29, 1.82) is 0 Å². The van der Waals surface area contributed by atoms with Crippen LogP contribution < -0.4 is 5.32 Å². The van der Waals surface area contributed by atoms with Crippen LogP contribution in [0.4, 0.5) is 13.2 Å². The molecule has 124 valence electrons. The molecule has 1 aromatic carbocycles. The number of hydrogen-bond acceptors (Lipinski definition) is 3. The number of halogens is 3. The summed E-state index contributed by atoms with van der Waals surface area (Å²) in [7, 11) is 0. The summed E-state index contributed by atoms with van der Waals surface area (Å²) in [6.07, 6.45) is -4.61. The number of aliphatic hydroxyl groups is 1. The van der Waals surface area contributed by atoms with Crippen molar-refractivity contribution in [2.45, 2.75) is 25.1 Å². The van der Waals surface area contributed by atoms with E-state index in [0.29, 0.717) is 12.0 Å². The zero-order chi connectivity index (χ0) is 16.9. The Bertz CT molecular complexity index is 624. The number of rotatable bonds is 6. The summed E-state index contributed by atoms with van der Waals surface area (Å²) in [4.78, 5) is 11.7. The van der Waals surface area contributed by atoms with Crippen LogP contribution >= 0.6 is 11.3 Å². The van der Waals surface area contributed by atoms with E-state index >= 15 is 0 Å². The Morgan fingerprint density at radius 1 is 1.22 bits per heavy atom. The molecule has 1 heterocycles. The highest BCUT2D eigenvalue weighted by atomic mass is 32.1. The van der Waals surface area contributed by atoms with Crippen molar-refractivity contribution in [2.24, 2.45) is 0 Å². The van der Waals surface area contributed by atoms with E-state index in [2.05, 4.69) is 5.32 Å². The summed E-state index contributed by atoms with van der Waals surface area (Å²) in [6, 6.07) is 6.54. The minimum Gasteiger partial charge on any atom is -0.387 e. The number of carbonyl (C=O) groups excluding carboxylic acids is 1. The minimum absolute atomic E-state index is 0.114. The lowest BCUT2D eigenvalue weighted by molar-refractivity contribution is -0.137. The van der Waals surface area contributed by atoms with Gasteiger partial charge in [-0.1, -0.05) is 12.1 Å². The first-order valence-corrected chi connectivity index (χ1v) is 7.93. The first-order chi connectivity index (χ1) is 10.9. The van der Waals surface area contributed by atoms with Crippen LogP contribution in [0.2, 0.25) is 0 Å². The van der Waals surface area contributed by atoms with E-state index in [9.17, 15) is 23.1 Å². The number of thiophene rings is 1. The Labute approximate surface area is 135 Å². The molecule has 0 aliphatic heterocycles. The van der Waals surface area contributed by atoms with Gasteiger partial charge in [0, 0.05) is 13.0 Å². The van der Waals surface area contributed by atoms with Gasteiger partial charge in [-0.05, 0) is 46.5 Å². The Balaban J connectivity index is 1.76. The van der Waals surface area contributed by atoms with E-state index in [1.54, 1.807) is 11.4 Å². The molecular formula is C16H16F3NO2S. The average Bonchev–Trinajstić information content (AvgIpc) is 3.04. The summed E-state index contributed by atoms with van der Waals surface area (Å²) in [5.41, 5.74) is 0.703. The number of aryl methyl sites for hydroxylation is 1. The average molecular weight is 343 g/mol. The van der Waals surface area contributed by atoms with Gasteiger partial charge in [-0.2, -0.15) is 24.5 Å². The Kier molecular flexibility index (Phi) is 5.79. The lowest BCUT2D eigenvalue weighted by Crippen LogP contribution is -2.28. The second kappa shape index (κ2) is 7.61. The summed E-state index contributed by atoms with van der Waals surface area (Å²) < 4.78 is 37.3. The number of alkyl halides is 3. The highest BCUT2D eigenvalue weighted by Crippen LogP contribution is 2.29. The van der Waals surface area contributed by atoms with Gasteiger partial charge in [0.1, 0.15) is 0 Å². The van der Waals surface area contributed by atoms with Gasteiger partial charge in [0.2, 0.25) is 5.91 Å². The van der Waals surface area contributed by atoms with Crippen LogP contribution in [0.5, 0.6) is 0 Å². The third-order valence-corrected chi connectivity index (χ3v) is 4.04. The monoisotopic (exact) mass is 343 g/mol. The predicted molar refractivity (Wildman–Crippen MR) is 82.1 cm³/mol. The molecule has 0 radical (unpaired) electrons. The van der Waals surface area contributed by atoms with Gasteiger partial charge in [0.05, 0.1) is 11.7 Å². The van der Waals surface area contributed by atoms with Crippen molar-refractivity contribution in [3.05, 3.63) is 57.8 Å². The first-order valence-electron chi connectivity index (χ1n) is 6.99. The number of aliphatic hydroxyl groups excluding tert-OH is 1. The maximum absolute atomic E-state index is 12.4. The molecule has 1 aromatic heterocycles. The summed E-state index contributed by atoms with van der Waals surface area (Å²) in [5.74, 6) is -0.251. The fourth-order valence-electron chi connectivity index (χ4n) is 2.00. The molecule has 0 bridgehead atoms. The number of nitrogens with one attached hydrogen (secondary N) is 1. The minimum atomic E-state index is -4.35. The SMILES string of the molecule is O=C(CCc1ccc(C(F)(F)F)cc1)NCC(O)c1ccsc1. The van der Waals surface area contributed by atoms with Crippen LogP contribution in [-0.4, -0.2) is 17.6 Å². The molecule has 0 saturated heterocycles. The van der Waals surface area contributed by atoms with Crippen molar-refractivity contribution in [2.75, 3.05) is 6.54 Å². The van der Waals surface area contributed by atoms with Gasteiger partial charge in [-0.25, -0.2) is 0 Å². The van der Waals surface area contributed by atoms with E-state index < -0.39 is 17.8 Å². The van der Waals surface area contributed by atoms with Crippen LogP contribution in [0.3, 0.4) is 0 Å². The molecule has 3 nitrogen and oxygen atoms in total. The molecule has 0 aliphatic rings. The van der Waals surface area contributed by atoms with Crippen molar-refractivity contribution in [3.8, 4) is 0 Å². The topological polar surface area (TPSA) is 49.3 Å². The van der Waals surface area contributed by atoms with Crippen molar-refractivity contribution < 1.29 is 23.1 Å². The molecule has 7 heteroatoms. The van der Waals surface area contributed by atoms with E-state index in [1.807, 2.05) is 5.38 Å². The van der Waals surface area contributed by atoms with E-state index in [4.69, 9.17) is 0 Å². The van der Waals surface area contributed by atoms with Crippen LogP contribution in [0.15, 0.2) is 41.1 Å². The predicted octanol–water partition coefficient (Wildman–Crippen LogP) is 3.55. The number of hydrogen-bond donors (Lipinski definition) is 2. The van der Waals surface area contributed by atoms with E-state index in [0.717, 1.165) is 17.7 Å². The summed E-state index contributed by atoms with van der Waals surface area (Å²) in [6.45, 7) is 0.114. The van der Waals surface area contributed by atoms with Gasteiger partial charge in [-0.3, -0.25) is 4.79 Å². The standard InChI is InChI=1S/C16H16F3NO2S/c17-16(18,19)13-4-1-11(2-5-13)3-6-15(22)20-9-14(21)12-7-8-23-10-12/h1-2,4-5,7-8,10,14,21H,3,6,9H2,(H,20,22). The normalized spacial score (nSPS) is 12.9. The third kappa shape index (κ3) is 5.37. The van der Waals surface area contributed by atoms with E-state index in [-0.39, 0.29) is 18.9 Å². The molecule has 1 atom stereocenters. The van der Waals surface area contributed by atoms with Crippen molar-refractivity contribution in [3.63, 3.8) is 0 Å². The van der Waals surface area contributed by atoms with Crippen molar-refractivity contribution >= 4 is 17.2 Å². The highest BCUT2D eigenvalue weighted by Gasteiger charge is 2.29. The molecular weight excluding hydrogens is 327 g/mol. The first kappa shape index (κ1) is 17.5. The van der Waals surface area contributed by atoms with Crippen molar-refractivity contribution in [1.82, 2.24) is 5.32 Å². The smallest absolute Gasteiger partial charge is 0.387 e. The molecule has 1 amide bonds. The molecule has 1 unspecified atom stereocenters. The van der Waals surface area contributed by atoms with Gasteiger partial charge in [0.15, 0.2) is 0 Å². The molecule has 2 N–H and O–H groups in total. The second-order valence-electron chi connectivity index (χ2n) is 5.07. The molecule has 2 rings (SSSR count). The fraction of sp³-hybridized carbons (Fsp3) is 0.312. The van der Waals surface area contributed by atoms with Gasteiger partial charge < -0.3 is 10.4 Å². The molecule has 0 spiro atoms. The Hall–Kier alpha value is -1.86. The Morgan fingerprint density at radius 2 is 1.91 bits per heavy atom. The van der Waals surface area contributed by atoms with Gasteiger partial charge in [-0.15, -0.1) is 0 Å². The third-order valence-electron chi connectivity index (χ3n) is 3.34. The van der Waals surface area contributed by atoms with Crippen LogP contribution in [0, 0.1) is 0 Å². The molecule has 0 aliphatic carbocycles. The quantitative estimate of drug-likeness (QED) is 0.843.